The molecule has 0 spiro atoms. The average Bonchev–Trinajstić information content (AvgIpc) is 2.73. The zero-order valence-electron chi connectivity index (χ0n) is 17.3. The maximum atomic E-state index is 12.6. The summed E-state index contributed by atoms with van der Waals surface area (Å²) in [7, 11) is 3.67. The van der Waals surface area contributed by atoms with Crippen LogP contribution >= 0.6 is 11.6 Å². The quantitative estimate of drug-likeness (QED) is 0.636. The maximum absolute atomic E-state index is 12.6. The van der Waals surface area contributed by atoms with Crippen LogP contribution in [0, 0.1) is 0 Å². The summed E-state index contributed by atoms with van der Waals surface area (Å²) in [6.45, 7) is 5.37. The second-order valence-corrected chi connectivity index (χ2v) is 7.46. The third-order valence-electron chi connectivity index (χ3n) is 5.06. The molecule has 30 heavy (non-hydrogen) atoms. The lowest BCUT2D eigenvalue weighted by Gasteiger charge is -2.35. The summed E-state index contributed by atoms with van der Waals surface area (Å²) >= 11 is 6.17. The molecule has 1 aliphatic heterocycles. The van der Waals surface area contributed by atoms with Crippen molar-refractivity contribution in [2.45, 2.75) is 13.3 Å². The van der Waals surface area contributed by atoms with Crippen LogP contribution in [0.25, 0.3) is 0 Å². The largest absolute Gasteiger partial charge is 0.368 e. The van der Waals surface area contributed by atoms with Crippen LogP contribution in [0.5, 0.6) is 0 Å². The van der Waals surface area contributed by atoms with Crippen LogP contribution in [-0.2, 0) is 6.42 Å². The Morgan fingerprint density at radius 3 is 2.50 bits per heavy atom. The lowest BCUT2D eigenvalue weighted by molar-refractivity contribution is 0.0961. The Kier molecular flexibility index (Phi) is 6.73. The van der Waals surface area contributed by atoms with E-state index in [1.807, 2.05) is 19.1 Å². The molecule has 1 aromatic heterocycles. The zero-order chi connectivity index (χ0) is 21.8. The molecule has 0 saturated carbocycles. The minimum absolute atomic E-state index is 0.000822. The van der Waals surface area contributed by atoms with Crippen LogP contribution in [-0.4, -0.2) is 67.0 Å². The molecule has 0 aliphatic carbocycles. The first-order valence-corrected chi connectivity index (χ1v) is 10.1. The van der Waals surface area contributed by atoms with Gasteiger partial charge in [-0.05, 0) is 31.7 Å². The summed E-state index contributed by atoms with van der Waals surface area (Å²) in [5.41, 5.74) is 7.92. The lowest BCUT2D eigenvalue weighted by atomic mass is 10.1. The second kappa shape index (κ2) is 9.27. The minimum atomic E-state index is -0.711. The minimum Gasteiger partial charge on any atom is -0.368 e. The average molecular weight is 432 g/mol. The Balaban J connectivity index is 1.97. The van der Waals surface area contributed by atoms with E-state index in [-0.39, 0.29) is 22.6 Å². The first-order chi connectivity index (χ1) is 14.3. The highest BCUT2D eigenvalue weighted by Crippen LogP contribution is 2.28. The van der Waals surface area contributed by atoms with Crippen LogP contribution < -0.4 is 21.3 Å². The molecule has 10 heteroatoms. The van der Waals surface area contributed by atoms with Crippen molar-refractivity contribution in [3.05, 3.63) is 40.3 Å². The number of benzene rings is 1. The molecule has 1 saturated heterocycles. The van der Waals surface area contributed by atoms with Gasteiger partial charge in [0.05, 0.1) is 11.3 Å². The number of nitrogens with two attached hydrogens (primary N) is 1. The standard InChI is InChI=1S/C20H26ClN7O2/c1-4-14-17(21)26-19(16(25-14)18(22)29)24-12-5-6-15(13(11-12)20(30)23-2)28-9-7-27(3)8-10-28/h5-6,11H,4,7-10H2,1-3H3,(H2,22,29)(H,23,30)(H,24,26). The molecule has 2 amide bonds. The summed E-state index contributed by atoms with van der Waals surface area (Å²) < 4.78 is 0. The number of primary amides is 1. The number of carbonyl (C=O) groups is 2. The number of hydrogen-bond donors (Lipinski definition) is 3. The van der Waals surface area contributed by atoms with Gasteiger partial charge in [-0.25, -0.2) is 9.97 Å². The fourth-order valence-electron chi connectivity index (χ4n) is 3.32. The Labute approximate surface area is 180 Å². The molecular formula is C20H26ClN7O2. The molecular weight excluding hydrogens is 406 g/mol. The predicted molar refractivity (Wildman–Crippen MR) is 118 cm³/mol. The first-order valence-electron chi connectivity index (χ1n) is 9.76. The summed E-state index contributed by atoms with van der Waals surface area (Å²) in [6, 6.07) is 5.44. The number of amides is 2. The SMILES string of the molecule is CCc1nc(C(N)=O)c(Nc2ccc(N3CCN(C)CC3)c(C(=O)NC)c2)nc1Cl. The van der Waals surface area contributed by atoms with Gasteiger partial charge in [0.2, 0.25) is 0 Å². The number of nitrogens with one attached hydrogen (secondary N) is 2. The molecule has 1 aliphatic rings. The van der Waals surface area contributed by atoms with Crippen LogP contribution in [0.15, 0.2) is 18.2 Å². The van der Waals surface area contributed by atoms with Crippen molar-refractivity contribution in [2.75, 3.05) is 50.5 Å². The smallest absolute Gasteiger partial charge is 0.271 e. The molecule has 1 fully saturated rings. The molecule has 1 aromatic carbocycles. The van der Waals surface area contributed by atoms with Gasteiger partial charge in [0.1, 0.15) is 0 Å². The van der Waals surface area contributed by atoms with Crippen LogP contribution in [0.2, 0.25) is 5.15 Å². The number of anilines is 3. The van der Waals surface area contributed by atoms with Crippen molar-refractivity contribution in [2.24, 2.45) is 5.73 Å². The van der Waals surface area contributed by atoms with E-state index in [0.29, 0.717) is 23.4 Å². The first kappa shape index (κ1) is 21.8. The van der Waals surface area contributed by atoms with Gasteiger partial charge in [-0.15, -0.1) is 0 Å². The summed E-state index contributed by atoms with van der Waals surface area (Å²) in [5.74, 6) is -0.759. The highest BCUT2D eigenvalue weighted by atomic mass is 35.5. The van der Waals surface area contributed by atoms with Crippen molar-refractivity contribution < 1.29 is 9.59 Å². The number of carbonyl (C=O) groups excluding carboxylic acids is 2. The van der Waals surface area contributed by atoms with E-state index in [1.54, 1.807) is 13.1 Å². The van der Waals surface area contributed by atoms with Gasteiger partial charge in [0.15, 0.2) is 16.7 Å². The Bertz CT molecular complexity index is 958. The molecule has 0 unspecified atom stereocenters. The number of likely N-dealkylation sites (N-methyl/N-ethyl adjacent to an activating group) is 1. The van der Waals surface area contributed by atoms with Crippen molar-refractivity contribution in [3.8, 4) is 0 Å². The number of nitrogens with zero attached hydrogens (tertiary/aromatic N) is 4. The second-order valence-electron chi connectivity index (χ2n) is 7.10. The molecule has 0 atom stereocenters. The fraction of sp³-hybridized carbons (Fsp3) is 0.400. The summed E-state index contributed by atoms with van der Waals surface area (Å²) in [5, 5.41) is 5.92. The van der Waals surface area contributed by atoms with E-state index in [2.05, 4.69) is 37.4 Å². The van der Waals surface area contributed by atoms with Gasteiger partial charge < -0.3 is 26.2 Å². The molecule has 2 aromatic rings. The van der Waals surface area contributed by atoms with E-state index in [9.17, 15) is 9.59 Å². The van der Waals surface area contributed by atoms with Crippen molar-refractivity contribution >= 4 is 40.6 Å². The molecule has 3 rings (SSSR count). The molecule has 160 valence electrons. The third kappa shape index (κ3) is 4.63. The topological polar surface area (TPSA) is 116 Å². The highest BCUT2D eigenvalue weighted by molar-refractivity contribution is 6.30. The van der Waals surface area contributed by atoms with Crippen molar-refractivity contribution in [1.29, 1.82) is 0 Å². The van der Waals surface area contributed by atoms with Crippen LogP contribution in [0.4, 0.5) is 17.2 Å². The number of halogens is 1. The normalized spacial score (nSPS) is 14.5. The predicted octanol–water partition coefficient (Wildman–Crippen LogP) is 1.65. The summed E-state index contributed by atoms with van der Waals surface area (Å²) in [4.78, 5) is 37.3. The lowest BCUT2D eigenvalue weighted by Crippen LogP contribution is -2.45. The van der Waals surface area contributed by atoms with Crippen molar-refractivity contribution in [1.82, 2.24) is 20.2 Å². The van der Waals surface area contributed by atoms with Gasteiger partial charge in [-0.3, -0.25) is 9.59 Å². The van der Waals surface area contributed by atoms with E-state index in [4.69, 9.17) is 17.3 Å². The third-order valence-corrected chi connectivity index (χ3v) is 5.37. The van der Waals surface area contributed by atoms with Gasteiger partial charge >= 0.3 is 0 Å². The Hall–Kier alpha value is -2.91. The monoisotopic (exact) mass is 431 g/mol. The van der Waals surface area contributed by atoms with Gasteiger partial charge in [-0.2, -0.15) is 0 Å². The molecule has 0 radical (unpaired) electrons. The number of rotatable bonds is 6. The zero-order valence-corrected chi connectivity index (χ0v) is 18.1. The van der Waals surface area contributed by atoms with Gasteiger partial charge in [0, 0.05) is 44.6 Å². The molecule has 9 nitrogen and oxygen atoms in total. The Morgan fingerprint density at radius 2 is 1.90 bits per heavy atom. The number of aromatic nitrogens is 2. The van der Waals surface area contributed by atoms with E-state index in [1.165, 1.54) is 0 Å². The van der Waals surface area contributed by atoms with Gasteiger partial charge in [0.25, 0.3) is 11.8 Å². The Morgan fingerprint density at radius 1 is 1.20 bits per heavy atom. The van der Waals surface area contributed by atoms with Crippen LogP contribution in [0.3, 0.4) is 0 Å². The van der Waals surface area contributed by atoms with Crippen LogP contribution in [0.1, 0.15) is 33.5 Å². The number of aryl methyl sites for hydroxylation is 1. The van der Waals surface area contributed by atoms with E-state index >= 15 is 0 Å². The van der Waals surface area contributed by atoms with E-state index < -0.39 is 5.91 Å². The fourth-order valence-corrected chi connectivity index (χ4v) is 3.58. The number of hydrogen-bond acceptors (Lipinski definition) is 7. The van der Waals surface area contributed by atoms with E-state index in [0.717, 1.165) is 31.9 Å². The molecule has 0 bridgehead atoms. The summed E-state index contributed by atoms with van der Waals surface area (Å²) in [6.07, 6.45) is 0.521. The molecule has 4 N–H and O–H groups in total. The maximum Gasteiger partial charge on any atom is 0.271 e. The van der Waals surface area contributed by atoms with Gasteiger partial charge in [-0.1, -0.05) is 18.5 Å². The number of piperazine rings is 1. The molecule has 2 heterocycles. The van der Waals surface area contributed by atoms with Crippen molar-refractivity contribution in [3.63, 3.8) is 0 Å². The highest BCUT2D eigenvalue weighted by Gasteiger charge is 2.21.